The molecule has 2 aromatic heterocycles. The number of carbonyl (C=O) groups is 4. The summed E-state index contributed by atoms with van der Waals surface area (Å²) in [6.07, 6.45) is 8.42. The number of rotatable bonds is 14. The van der Waals surface area contributed by atoms with E-state index in [-0.39, 0.29) is 36.5 Å². The highest BCUT2D eigenvalue weighted by Gasteiger charge is 2.36. The number of pyridine rings is 2. The minimum absolute atomic E-state index is 0.112. The molecule has 0 saturated heterocycles. The number of hydrogen-bond donors (Lipinski definition) is 3. The number of aromatic nitrogens is 2. The molecule has 0 unspecified atom stereocenters. The first-order valence-corrected chi connectivity index (χ1v) is 18.3. The van der Waals surface area contributed by atoms with Crippen LogP contribution < -0.4 is 16.1 Å². The maximum absolute atomic E-state index is 13.3. The average Bonchev–Trinajstić information content (AvgIpc) is 3.21. The van der Waals surface area contributed by atoms with E-state index in [1.807, 2.05) is 36.4 Å². The van der Waals surface area contributed by atoms with Crippen LogP contribution in [0.3, 0.4) is 0 Å². The van der Waals surface area contributed by atoms with Gasteiger partial charge in [0.05, 0.1) is 30.3 Å². The third-order valence-corrected chi connectivity index (χ3v) is 9.02. The lowest BCUT2D eigenvalue weighted by atomic mass is 9.90. The summed E-state index contributed by atoms with van der Waals surface area (Å²) in [5.41, 5.74) is 8.65. The van der Waals surface area contributed by atoms with E-state index >= 15 is 0 Å². The van der Waals surface area contributed by atoms with Gasteiger partial charge in [-0.1, -0.05) is 36.4 Å². The summed E-state index contributed by atoms with van der Waals surface area (Å²) >= 11 is 0. The zero-order chi connectivity index (χ0) is 39.3. The molecule has 2 amide bonds. The molecule has 56 heavy (non-hydrogen) atoms. The largest absolute Gasteiger partial charge is 0.513 e. The van der Waals surface area contributed by atoms with Gasteiger partial charge in [-0.2, -0.15) is 5.10 Å². The Balaban J connectivity index is 1.14. The van der Waals surface area contributed by atoms with E-state index in [0.717, 1.165) is 22.4 Å². The topological polar surface area (TPSA) is 179 Å². The lowest BCUT2D eigenvalue weighted by molar-refractivity contribution is -0.121. The SMILES string of the molecule is CC1=C(OC(=O)OCCCc2cccnc2)C(c2ccc(C(=O)Nc3ccc(C4=NNC(=O)CC4)cc3)cc2)C(OC(=O)OCCCc2cccnc2)=C(C)N1. The van der Waals surface area contributed by atoms with Crippen molar-refractivity contribution in [2.45, 2.75) is 58.3 Å². The smallest absolute Gasteiger partial charge is 0.434 e. The van der Waals surface area contributed by atoms with E-state index in [1.165, 1.54) is 0 Å². The second-order valence-corrected chi connectivity index (χ2v) is 13.1. The molecule has 14 nitrogen and oxygen atoms in total. The number of nitrogens with one attached hydrogen (secondary N) is 3. The fourth-order valence-electron chi connectivity index (χ4n) is 6.18. The van der Waals surface area contributed by atoms with Crippen molar-refractivity contribution >= 4 is 35.5 Å². The van der Waals surface area contributed by atoms with Crippen LogP contribution in [0, 0.1) is 0 Å². The van der Waals surface area contributed by atoms with E-state index in [4.69, 9.17) is 18.9 Å². The predicted molar refractivity (Wildman–Crippen MR) is 206 cm³/mol. The molecule has 0 aliphatic carbocycles. The van der Waals surface area contributed by atoms with Gasteiger partial charge in [-0.3, -0.25) is 19.6 Å². The molecule has 0 fully saturated rings. The van der Waals surface area contributed by atoms with Crippen molar-refractivity contribution in [3.8, 4) is 0 Å². The fourth-order valence-corrected chi connectivity index (χ4v) is 6.18. The number of dihydropyridines is 1. The summed E-state index contributed by atoms with van der Waals surface area (Å²) in [5, 5.41) is 10.2. The van der Waals surface area contributed by atoms with Gasteiger partial charge in [-0.25, -0.2) is 15.0 Å². The van der Waals surface area contributed by atoms with Crippen molar-refractivity contribution in [2.75, 3.05) is 18.5 Å². The molecule has 3 N–H and O–H groups in total. The molecule has 0 bridgehead atoms. The Morgan fingerprint density at radius 2 is 1.32 bits per heavy atom. The van der Waals surface area contributed by atoms with Gasteiger partial charge in [0.1, 0.15) is 17.4 Å². The van der Waals surface area contributed by atoms with Gasteiger partial charge in [0.15, 0.2) is 0 Å². The minimum atomic E-state index is -0.920. The molecule has 4 heterocycles. The summed E-state index contributed by atoms with van der Waals surface area (Å²) in [5.74, 6) is -1.03. The van der Waals surface area contributed by atoms with Crippen molar-refractivity contribution in [1.29, 1.82) is 0 Å². The Morgan fingerprint density at radius 1 is 0.750 bits per heavy atom. The van der Waals surface area contributed by atoms with E-state index < -0.39 is 18.2 Å². The first-order valence-electron chi connectivity index (χ1n) is 18.3. The normalized spacial score (nSPS) is 14.2. The molecule has 288 valence electrons. The van der Waals surface area contributed by atoms with E-state index in [9.17, 15) is 19.2 Å². The fraction of sp³-hybridized carbons (Fsp3) is 0.262. The number of benzene rings is 2. The average molecular weight is 759 g/mol. The molecular formula is C42H42N6O8. The third-order valence-electron chi connectivity index (χ3n) is 9.02. The number of allylic oxidation sites excluding steroid dienone is 2. The summed E-state index contributed by atoms with van der Waals surface area (Å²) < 4.78 is 22.5. The molecule has 0 atom stereocenters. The standard InChI is InChI=1S/C42H42N6O8/c1-27-38(55-41(51)53-23-5-9-29-7-3-21-43-25-29)37(39(28(2)45-27)56-42(52)54-24-6-10-30-8-4-22-44-26-30)32-11-13-33(14-12-32)40(50)46-34-17-15-31(16-18-34)35-19-20-36(49)48-47-35/h3-4,7-8,11-18,21-22,25-26,37,45H,5-6,9-10,19-20,23-24H2,1-2H3,(H,46,50)(H,48,49). The number of anilines is 1. The molecule has 0 spiro atoms. The van der Waals surface area contributed by atoms with E-state index in [0.29, 0.717) is 66.7 Å². The number of amides is 2. The highest BCUT2D eigenvalue weighted by atomic mass is 16.7. The van der Waals surface area contributed by atoms with Crippen LogP contribution in [0.1, 0.15) is 78.1 Å². The van der Waals surface area contributed by atoms with Crippen LogP contribution in [0.25, 0.3) is 0 Å². The Hall–Kier alpha value is -6.83. The number of hydrazone groups is 1. The van der Waals surface area contributed by atoms with Crippen LogP contribution in [0.15, 0.2) is 126 Å². The molecule has 2 aliphatic heterocycles. The monoisotopic (exact) mass is 758 g/mol. The van der Waals surface area contributed by atoms with Gasteiger partial charge < -0.3 is 29.6 Å². The van der Waals surface area contributed by atoms with Gasteiger partial charge in [-0.05, 0) is 98.2 Å². The van der Waals surface area contributed by atoms with Crippen molar-refractivity contribution in [1.82, 2.24) is 20.7 Å². The zero-order valence-corrected chi connectivity index (χ0v) is 31.1. The lowest BCUT2D eigenvalue weighted by Gasteiger charge is -2.30. The Labute approximate surface area is 324 Å². The van der Waals surface area contributed by atoms with Crippen LogP contribution in [-0.2, 0) is 36.6 Å². The lowest BCUT2D eigenvalue weighted by Crippen LogP contribution is -2.29. The number of ether oxygens (including phenoxy) is 4. The van der Waals surface area contributed by atoms with Gasteiger partial charge in [0, 0.05) is 48.9 Å². The molecule has 14 heteroatoms. The number of aryl methyl sites for hydroxylation is 2. The second-order valence-electron chi connectivity index (χ2n) is 13.1. The van der Waals surface area contributed by atoms with E-state index in [2.05, 4.69) is 31.1 Å². The molecule has 0 radical (unpaired) electrons. The summed E-state index contributed by atoms with van der Waals surface area (Å²) in [6.45, 7) is 3.70. The molecule has 2 aromatic carbocycles. The quantitative estimate of drug-likeness (QED) is 0.0885. The van der Waals surface area contributed by atoms with E-state index in [1.54, 1.807) is 75.0 Å². The zero-order valence-electron chi connectivity index (χ0n) is 31.1. The highest BCUT2D eigenvalue weighted by Crippen LogP contribution is 2.39. The summed E-state index contributed by atoms with van der Waals surface area (Å²) in [7, 11) is 0. The maximum atomic E-state index is 13.3. The first kappa shape index (κ1) is 38.9. The molecule has 0 saturated carbocycles. The van der Waals surface area contributed by atoms with Crippen molar-refractivity contribution < 1.29 is 38.1 Å². The Bertz CT molecular complexity index is 2030. The minimum Gasteiger partial charge on any atom is -0.434 e. The maximum Gasteiger partial charge on any atom is 0.513 e. The van der Waals surface area contributed by atoms with Crippen molar-refractivity contribution in [3.05, 3.63) is 148 Å². The molecule has 6 rings (SSSR count). The molecule has 4 aromatic rings. The second kappa shape index (κ2) is 19.0. The number of hydrogen-bond acceptors (Lipinski definition) is 12. The Morgan fingerprint density at radius 3 is 1.82 bits per heavy atom. The van der Waals surface area contributed by atoms with Crippen LogP contribution in [0.4, 0.5) is 15.3 Å². The van der Waals surface area contributed by atoms with Gasteiger partial charge in [-0.15, -0.1) is 0 Å². The van der Waals surface area contributed by atoms with Crippen LogP contribution >= 0.6 is 0 Å². The predicted octanol–water partition coefficient (Wildman–Crippen LogP) is 7.06. The number of carbonyl (C=O) groups excluding carboxylic acids is 4. The van der Waals surface area contributed by atoms with Gasteiger partial charge >= 0.3 is 12.3 Å². The van der Waals surface area contributed by atoms with Crippen LogP contribution in [0.5, 0.6) is 0 Å². The Kier molecular flexibility index (Phi) is 13.2. The summed E-state index contributed by atoms with van der Waals surface area (Å²) in [6, 6.07) is 21.4. The third kappa shape index (κ3) is 10.6. The van der Waals surface area contributed by atoms with Crippen molar-refractivity contribution in [2.24, 2.45) is 5.10 Å². The first-order chi connectivity index (χ1) is 27.2. The highest BCUT2D eigenvalue weighted by molar-refractivity contribution is 6.06. The van der Waals surface area contributed by atoms with Gasteiger partial charge in [0.2, 0.25) is 5.91 Å². The van der Waals surface area contributed by atoms with Gasteiger partial charge in [0.25, 0.3) is 5.91 Å². The number of nitrogens with zero attached hydrogens (tertiary/aromatic N) is 3. The van der Waals surface area contributed by atoms with Crippen LogP contribution in [0.2, 0.25) is 0 Å². The molecule has 2 aliphatic rings. The van der Waals surface area contributed by atoms with Crippen LogP contribution in [-0.4, -0.2) is 53.0 Å². The summed E-state index contributed by atoms with van der Waals surface area (Å²) in [4.78, 5) is 59.0. The van der Waals surface area contributed by atoms with Crippen molar-refractivity contribution in [3.63, 3.8) is 0 Å². The molecular weight excluding hydrogens is 716 g/mol.